The SMILES string of the molecule is CCN1CCC(Sc2cccc(Cl)n2)CC1. The van der Waals surface area contributed by atoms with Crippen molar-refractivity contribution < 1.29 is 0 Å². The fourth-order valence-corrected chi connectivity index (χ4v) is 3.28. The quantitative estimate of drug-likeness (QED) is 0.772. The zero-order valence-electron chi connectivity index (χ0n) is 9.53. The van der Waals surface area contributed by atoms with E-state index in [1.807, 2.05) is 30.0 Å². The van der Waals surface area contributed by atoms with Crippen LogP contribution < -0.4 is 0 Å². The van der Waals surface area contributed by atoms with Crippen molar-refractivity contribution >= 4 is 23.4 Å². The molecule has 1 aromatic rings. The van der Waals surface area contributed by atoms with Crippen molar-refractivity contribution in [2.24, 2.45) is 0 Å². The number of halogens is 1. The van der Waals surface area contributed by atoms with Crippen LogP contribution in [0.3, 0.4) is 0 Å². The predicted molar refractivity (Wildman–Crippen MR) is 70.2 cm³/mol. The minimum absolute atomic E-state index is 0.594. The van der Waals surface area contributed by atoms with Crippen LogP contribution in [0.2, 0.25) is 5.15 Å². The van der Waals surface area contributed by atoms with E-state index in [0.29, 0.717) is 10.4 Å². The standard InChI is InChI=1S/C12H17ClN2S/c1-2-15-8-6-10(7-9-15)16-12-5-3-4-11(13)14-12/h3-5,10H,2,6-9H2,1H3. The van der Waals surface area contributed by atoms with Crippen LogP contribution in [-0.2, 0) is 0 Å². The van der Waals surface area contributed by atoms with Gasteiger partial charge >= 0.3 is 0 Å². The third-order valence-electron chi connectivity index (χ3n) is 2.96. The van der Waals surface area contributed by atoms with Crippen LogP contribution in [0.5, 0.6) is 0 Å². The summed E-state index contributed by atoms with van der Waals surface area (Å²) in [5.41, 5.74) is 0. The zero-order valence-corrected chi connectivity index (χ0v) is 11.1. The number of hydrogen-bond acceptors (Lipinski definition) is 3. The minimum Gasteiger partial charge on any atom is -0.304 e. The molecule has 0 aromatic carbocycles. The summed E-state index contributed by atoms with van der Waals surface area (Å²) < 4.78 is 0. The lowest BCUT2D eigenvalue weighted by atomic mass is 10.1. The van der Waals surface area contributed by atoms with E-state index in [2.05, 4.69) is 16.8 Å². The second-order valence-electron chi connectivity index (χ2n) is 4.05. The van der Waals surface area contributed by atoms with Gasteiger partial charge in [0.25, 0.3) is 0 Å². The third kappa shape index (κ3) is 3.37. The summed E-state index contributed by atoms with van der Waals surface area (Å²) in [5.74, 6) is 0. The molecule has 16 heavy (non-hydrogen) atoms. The second kappa shape index (κ2) is 5.89. The van der Waals surface area contributed by atoms with Gasteiger partial charge in [-0.3, -0.25) is 0 Å². The highest BCUT2D eigenvalue weighted by Gasteiger charge is 2.19. The Labute approximate surface area is 106 Å². The van der Waals surface area contributed by atoms with Crippen LogP contribution in [0.1, 0.15) is 19.8 Å². The largest absolute Gasteiger partial charge is 0.304 e. The molecule has 2 rings (SSSR count). The third-order valence-corrected chi connectivity index (χ3v) is 4.44. The molecule has 1 aliphatic heterocycles. The Hall–Kier alpha value is -0.250. The molecule has 1 fully saturated rings. The molecule has 1 aromatic heterocycles. The lowest BCUT2D eigenvalue weighted by Crippen LogP contribution is -2.34. The summed E-state index contributed by atoms with van der Waals surface area (Å²) in [6.45, 7) is 5.84. The number of thioether (sulfide) groups is 1. The molecule has 1 aliphatic rings. The molecule has 0 aliphatic carbocycles. The van der Waals surface area contributed by atoms with Crippen molar-refractivity contribution in [1.29, 1.82) is 0 Å². The Balaban J connectivity index is 1.87. The van der Waals surface area contributed by atoms with Crippen LogP contribution in [0.25, 0.3) is 0 Å². The smallest absolute Gasteiger partial charge is 0.130 e. The van der Waals surface area contributed by atoms with Crippen molar-refractivity contribution in [2.45, 2.75) is 30.0 Å². The molecular formula is C12H17ClN2S. The number of rotatable bonds is 3. The van der Waals surface area contributed by atoms with Gasteiger partial charge < -0.3 is 4.90 Å². The monoisotopic (exact) mass is 256 g/mol. The zero-order chi connectivity index (χ0) is 11.4. The maximum Gasteiger partial charge on any atom is 0.130 e. The van der Waals surface area contributed by atoms with Crippen molar-refractivity contribution in [3.63, 3.8) is 0 Å². The van der Waals surface area contributed by atoms with Gasteiger partial charge in [0.1, 0.15) is 5.15 Å². The fourth-order valence-electron chi connectivity index (χ4n) is 1.97. The van der Waals surface area contributed by atoms with Gasteiger partial charge in [-0.2, -0.15) is 0 Å². The van der Waals surface area contributed by atoms with Gasteiger partial charge in [0.15, 0.2) is 0 Å². The number of nitrogens with zero attached hydrogens (tertiary/aromatic N) is 2. The average Bonchev–Trinajstić information content (AvgIpc) is 2.30. The summed E-state index contributed by atoms with van der Waals surface area (Å²) >= 11 is 7.74. The van der Waals surface area contributed by atoms with Gasteiger partial charge in [-0.25, -0.2) is 4.98 Å². The first-order valence-electron chi connectivity index (χ1n) is 5.79. The van der Waals surface area contributed by atoms with E-state index in [1.165, 1.54) is 32.5 Å². The van der Waals surface area contributed by atoms with Crippen molar-refractivity contribution in [2.75, 3.05) is 19.6 Å². The molecule has 0 amide bonds. The average molecular weight is 257 g/mol. The van der Waals surface area contributed by atoms with Crippen molar-refractivity contribution in [3.05, 3.63) is 23.4 Å². The van der Waals surface area contributed by atoms with Crippen LogP contribution >= 0.6 is 23.4 Å². The maximum atomic E-state index is 5.88. The maximum absolute atomic E-state index is 5.88. The van der Waals surface area contributed by atoms with Gasteiger partial charge in [0, 0.05) is 5.25 Å². The van der Waals surface area contributed by atoms with E-state index in [4.69, 9.17) is 11.6 Å². The molecule has 1 saturated heterocycles. The molecule has 0 bridgehead atoms. The number of piperidine rings is 1. The molecular weight excluding hydrogens is 240 g/mol. The molecule has 0 N–H and O–H groups in total. The molecule has 4 heteroatoms. The summed E-state index contributed by atoms with van der Waals surface area (Å²) in [4.78, 5) is 6.82. The van der Waals surface area contributed by atoms with Crippen LogP contribution in [-0.4, -0.2) is 34.8 Å². The first kappa shape index (κ1) is 12.2. The highest BCUT2D eigenvalue weighted by molar-refractivity contribution is 7.99. The van der Waals surface area contributed by atoms with Gasteiger partial charge in [-0.05, 0) is 44.6 Å². The molecule has 0 saturated carbocycles. The Kier molecular flexibility index (Phi) is 4.50. The van der Waals surface area contributed by atoms with E-state index in [1.54, 1.807) is 0 Å². The molecule has 0 unspecified atom stereocenters. The van der Waals surface area contributed by atoms with Crippen LogP contribution in [0.15, 0.2) is 23.2 Å². The number of pyridine rings is 1. The Morgan fingerprint density at radius 3 is 2.81 bits per heavy atom. The Bertz CT molecular complexity index is 338. The highest BCUT2D eigenvalue weighted by atomic mass is 35.5. The summed E-state index contributed by atoms with van der Waals surface area (Å²) in [6.07, 6.45) is 2.51. The van der Waals surface area contributed by atoms with E-state index in [-0.39, 0.29) is 0 Å². The minimum atomic E-state index is 0.594. The summed E-state index contributed by atoms with van der Waals surface area (Å²) in [5, 5.41) is 2.35. The van der Waals surface area contributed by atoms with Crippen LogP contribution in [0.4, 0.5) is 0 Å². The Morgan fingerprint density at radius 2 is 2.19 bits per heavy atom. The lowest BCUT2D eigenvalue weighted by Gasteiger charge is -2.30. The van der Waals surface area contributed by atoms with E-state index < -0.39 is 0 Å². The molecule has 0 radical (unpaired) electrons. The van der Waals surface area contributed by atoms with E-state index in [9.17, 15) is 0 Å². The number of hydrogen-bond donors (Lipinski definition) is 0. The summed E-state index contributed by atoms with van der Waals surface area (Å²) in [6, 6.07) is 5.84. The molecule has 2 heterocycles. The van der Waals surface area contributed by atoms with E-state index >= 15 is 0 Å². The van der Waals surface area contributed by atoms with Gasteiger partial charge in [0.05, 0.1) is 5.03 Å². The number of likely N-dealkylation sites (tertiary alicyclic amines) is 1. The van der Waals surface area contributed by atoms with Crippen LogP contribution in [0, 0.1) is 0 Å². The van der Waals surface area contributed by atoms with Gasteiger partial charge in [0.2, 0.25) is 0 Å². The van der Waals surface area contributed by atoms with Gasteiger partial charge in [-0.1, -0.05) is 24.6 Å². The molecule has 2 nitrogen and oxygen atoms in total. The lowest BCUT2D eigenvalue weighted by molar-refractivity contribution is 0.244. The van der Waals surface area contributed by atoms with Crippen molar-refractivity contribution in [1.82, 2.24) is 9.88 Å². The highest BCUT2D eigenvalue weighted by Crippen LogP contribution is 2.29. The fraction of sp³-hybridized carbons (Fsp3) is 0.583. The van der Waals surface area contributed by atoms with Crippen molar-refractivity contribution in [3.8, 4) is 0 Å². The molecule has 0 spiro atoms. The predicted octanol–water partition coefficient (Wildman–Crippen LogP) is 3.31. The molecule has 0 atom stereocenters. The molecule has 88 valence electrons. The summed E-state index contributed by atoms with van der Waals surface area (Å²) in [7, 11) is 0. The first-order chi connectivity index (χ1) is 7.78. The Morgan fingerprint density at radius 1 is 1.44 bits per heavy atom. The second-order valence-corrected chi connectivity index (χ2v) is 5.76. The van der Waals surface area contributed by atoms with E-state index in [0.717, 1.165) is 5.03 Å². The normalized spacial score (nSPS) is 18.9. The first-order valence-corrected chi connectivity index (χ1v) is 7.05. The van der Waals surface area contributed by atoms with Gasteiger partial charge in [-0.15, -0.1) is 11.8 Å². The topological polar surface area (TPSA) is 16.1 Å². The number of aromatic nitrogens is 1.